The summed E-state index contributed by atoms with van der Waals surface area (Å²) in [6, 6.07) is 0.494. The second-order valence-electron chi connectivity index (χ2n) is 4.77. The maximum absolute atomic E-state index is 12.3. The Balaban J connectivity index is 2.26. The van der Waals surface area contributed by atoms with Crippen molar-refractivity contribution >= 4 is 33.1 Å². The Morgan fingerprint density at radius 3 is 2.65 bits per heavy atom. The fourth-order valence-electron chi connectivity index (χ4n) is 2.22. The molecule has 1 N–H and O–H groups in total. The van der Waals surface area contributed by atoms with Gasteiger partial charge < -0.3 is 10.0 Å². The van der Waals surface area contributed by atoms with Crippen molar-refractivity contribution in [3.63, 3.8) is 0 Å². The van der Waals surface area contributed by atoms with Crippen LogP contribution in [0.5, 0.6) is 0 Å². The maximum Gasteiger partial charge on any atom is 0.326 e. The molecule has 0 aromatic carbocycles. The molecule has 0 radical (unpaired) electrons. The molecule has 1 atom stereocenters. The van der Waals surface area contributed by atoms with Gasteiger partial charge >= 0.3 is 5.97 Å². The third kappa shape index (κ3) is 3.01. The van der Waals surface area contributed by atoms with Crippen LogP contribution in [0.4, 0.5) is 0 Å². The molecule has 1 saturated heterocycles. The molecule has 8 heteroatoms. The number of nitrogens with zero attached hydrogens (tertiary/aromatic N) is 1. The average molecular weight is 317 g/mol. The molecule has 6 nitrogen and oxygen atoms in total. The van der Waals surface area contributed by atoms with Gasteiger partial charge in [-0.1, -0.05) is 0 Å². The molecule has 1 fully saturated rings. The van der Waals surface area contributed by atoms with E-state index in [1.807, 2.05) is 0 Å². The highest BCUT2D eigenvalue weighted by Gasteiger charge is 2.33. The molecule has 1 unspecified atom stereocenters. The Hall–Kier alpha value is -1.41. The number of carboxylic acids is 1. The fraction of sp³-hybridized carbons (Fsp3) is 0.500. The lowest BCUT2D eigenvalue weighted by Gasteiger charge is -2.32. The first kappa shape index (κ1) is 15.0. The summed E-state index contributed by atoms with van der Waals surface area (Å²) < 4.78 is 22.9. The number of amides is 1. The minimum absolute atomic E-state index is 0.115. The van der Waals surface area contributed by atoms with Crippen molar-refractivity contribution in [2.75, 3.05) is 12.8 Å². The molecule has 1 aliphatic rings. The Labute approximate surface area is 120 Å². The van der Waals surface area contributed by atoms with Crippen LogP contribution in [-0.4, -0.2) is 49.1 Å². The number of likely N-dealkylation sites (tertiary alicyclic amines) is 1. The molecule has 2 heterocycles. The minimum atomic E-state index is -3.34. The molecule has 20 heavy (non-hydrogen) atoms. The first-order valence-corrected chi connectivity index (χ1v) is 8.90. The number of rotatable bonds is 3. The number of hydrogen-bond acceptors (Lipinski definition) is 5. The topological polar surface area (TPSA) is 91.8 Å². The summed E-state index contributed by atoms with van der Waals surface area (Å²) in [4.78, 5) is 24.8. The molecule has 1 aromatic heterocycles. The predicted molar refractivity (Wildman–Crippen MR) is 73.7 cm³/mol. The molecule has 2 rings (SSSR count). The number of carbonyl (C=O) groups excluding carboxylic acids is 1. The summed E-state index contributed by atoms with van der Waals surface area (Å²) in [6.45, 7) is 0.389. The van der Waals surface area contributed by atoms with Gasteiger partial charge in [0, 0.05) is 18.2 Å². The number of aliphatic carboxylic acids is 1. The van der Waals surface area contributed by atoms with Crippen LogP contribution in [0, 0.1) is 0 Å². The van der Waals surface area contributed by atoms with Gasteiger partial charge in [0.2, 0.25) is 0 Å². The highest BCUT2D eigenvalue weighted by molar-refractivity contribution is 7.92. The van der Waals surface area contributed by atoms with Gasteiger partial charge in [0.25, 0.3) is 5.91 Å². The molecule has 1 amide bonds. The Morgan fingerprint density at radius 1 is 1.40 bits per heavy atom. The minimum Gasteiger partial charge on any atom is -0.480 e. The molecule has 0 aliphatic carbocycles. The van der Waals surface area contributed by atoms with Gasteiger partial charge in [-0.3, -0.25) is 4.79 Å². The zero-order chi connectivity index (χ0) is 14.9. The molecule has 1 aliphatic heterocycles. The van der Waals surface area contributed by atoms with Crippen LogP contribution in [0.25, 0.3) is 0 Å². The van der Waals surface area contributed by atoms with E-state index >= 15 is 0 Å². The second-order valence-corrected chi connectivity index (χ2v) is 7.93. The number of carboxylic acid groups (broad SMARTS) is 1. The van der Waals surface area contributed by atoms with Crippen molar-refractivity contribution < 1.29 is 23.1 Å². The molecular formula is C12H15NO5S2. The maximum atomic E-state index is 12.3. The van der Waals surface area contributed by atoms with Crippen LogP contribution in [-0.2, 0) is 14.6 Å². The van der Waals surface area contributed by atoms with Crippen LogP contribution in [0.15, 0.2) is 15.7 Å². The van der Waals surface area contributed by atoms with E-state index in [9.17, 15) is 18.0 Å². The first-order valence-electron chi connectivity index (χ1n) is 6.13. The first-order chi connectivity index (χ1) is 9.30. The second kappa shape index (κ2) is 5.53. The number of carbonyl (C=O) groups is 2. The predicted octanol–water partition coefficient (Wildman–Crippen LogP) is 1.23. The van der Waals surface area contributed by atoms with E-state index in [0.717, 1.165) is 30.4 Å². The smallest absolute Gasteiger partial charge is 0.326 e. The molecular weight excluding hydrogens is 302 g/mol. The van der Waals surface area contributed by atoms with Gasteiger partial charge in [-0.05, 0) is 25.3 Å². The quantitative estimate of drug-likeness (QED) is 0.905. The van der Waals surface area contributed by atoms with Crippen LogP contribution >= 0.6 is 11.3 Å². The molecule has 0 bridgehead atoms. The molecule has 1 aromatic rings. The Kier molecular flexibility index (Phi) is 4.14. The standard InChI is InChI=1S/C12H15NO5S2/c1-20(17,18)10-6-8(7-19-10)11(14)13-5-3-2-4-9(13)12(15)16/h6-7,9H,2-5H2,1H3,(H,15,16). The fourth-order valence-corrected chi connectivity index (χ4v) is 4.01. The monoisotopic (exact) mass is 317 g/mol. The van der Waals surface area contributed by atoms with Crippen molar-refractivity contribution in [2.24, 2.45) is 0 Å². The van der Waals surface area contributed by atoms with Gasteiger partial charge in [0.05, 0.1) is 5.56 Å². The number of thiophene rings is 1. The van der Waals surface area contributed by atoms with Gasteiger partial charge in [-0.2, -0.15) is 0 Å². The van der Waals surface area contributed by atoms with Gasteiger partial charge in [0.1, 0.15) is 10.3 Å². The number of sulfone groups is 1. The van der Waals surface area contributed by atoms with Crippen LogP contribution < -0.4 is 0 Å². The lowest BCUT2D eigenvalue weighted by Crippen LogP contribution is -2.47. The average Bonchev–Trinajstić information content (AvgIpc) is 2.87. The lowest BCUT2D eigenvalue weighted by atomic mass is 10.0. The summed E-state index contributed by atoms with van der Waals surface area (Å²) in [7, 11) is -3.34. The van der Waals surface area contributed by atoms with E-state index in [2.05, 4.69) is 0 Å². The zero-order valence-electron chi connectivity index (χ0n) is 10.9. The van der Waals surface area contributed by atoms with Crippen molar-refractivity contribution in [1.29, 1.82) is 0 Å². The van der Waals surface area contributed by atoms with Crippen LogP contribution in [0.3, 0.4) is 0 Å². The Morgan fingerprint density at radius 2 is 2.10 bits per heavy atom. The third-order valence-electron chi connectivity index (χ3n) is 3.24. The van der Waals surface area contributed by atoms with Crippen molar-refractivity contribution in [3.8, 4) is 0 Å². The number of piperidine rings is 1. The van der Waals surface area contributed by atoms with E-state index in [4.69, 9.17) is 5.11 Å². The summed E-state index contributed by atoms with van der Waals surface area (Å²) >= 11 is 0.976. The third-order valence-corrected chi connectivity index (χ3v) is 6.00. The lowest BCUT2D eigenvalue weighted by molar-refractivity contribution is -0.143. The SMILES string of the molecule is CS(=O)(=O)c1cc(C(=O)N2CCCCC2C(=O)O)cs1. The highest BCUT2D eigenvalue weighted by atomic mass is 32.2. The highest BCUT2D eigenvalue weighted by Crippen LogP contribution is 2.24. The molecule has 110 valence electrons. The van der Waals surface area contributed by atoms with E-state index in [0.29, 0.717) is 13.0 Å². The van der Waals surface area contributed by atoms with Crippen molar-refractivity contribution in [1.82, 2.24) is 4.90 Å². The Bertz CT molecular complexity index is 634. The van der Waals surface area contributed by atoms with Gasteiger partial charge in [0.15, 0.2) is 9.84 Å². The summed E-state index contributed by atoms with van der Waals surface area (Å²) in [5, 5.41) is 10.6. The van der Waals surface area contributed by atoms with E-state index in [-0.39, 0.29) is 9.77 Å². The summed E-state index contributed by atoms with van der Waals surface area (Å²) in [5.41, 5.74) is 0.239. The van der Waals surface area contributed by atoms with E-state index in [1.54, 1.807) is 0 Å². The number of hydrogen-bond donors (Lipinski definition) is 1. The van der Waals surface area contributed by atoms with Gasteiger partial charge in [-0.15, -0.1) is 11.3 Å². The van der Waals surface area contributed by atoms with Crippen LogP contribution in [0.2, 0.25) is 0 Å². The van der Waals surface area contributed by atoms with Crippen LogP contribution in [0.1, 0.15) is 29.6 Å². The van der Waals surface area contributed by atoms with Crippen molar-refractivity contribution in [2.45, 2.75) is 29.5 Å². The largest absolute Gasteiger partial charge is 0.480 e. The van der Waals surface area contributed by atoms with Crippen molar-refractivity contribution in [3.05, 3.63) is 17.0 Å². The van der Waals surface area contributed by atoms with E-state index < -0.39 is 27.8 Å². The zero-order valence-corrected chi connectivity index (χ0v) is 12.5. The molecule has 0 spiro atoms. The molecule has 0 saturated carbocycles. The summed E-state index contributed by atoms with van der Waals surface area (Å²) in [6.07, 6.45) is 3.05. The summed E-state index contributed by atoms with van der Waals surface area (Å²) in [5.74, 6) is -1.43. The normalized spacial score (nSPS) is 19.9. The van der Waals surface area contributed by atoms with Gasteiger partial charge in [-0.25, -0.2) is 13.2 Å². The van der Waals surface area contributed by atoms with E-state index in [1.165, 1.54) is 16.3 Å².